The van der Waals surface area contributed by atoms with Crippen LogP contribution in [0.4, 0.5) is 17.6 Å². The number of fused-ring (bicyclic) bond motifs is 1. The van der Waals surface area contributed by atoms with Crippen LogP contribution in [0.5, 0.6) is 5.75 Å². The highest BCUT2D eigenvalue weighted by atomic mass is 32.2. The smallest absolute Gasteiger partial charge is 0.487 e. The molecule has 0 radical (unpaired) electrons. The Labute approximate surface area is 193 Å². The molecule has 1 aliphatic rings. The Morgan fingerprint density at radius 1 is 1.09 bits per heavy atom. The van der Waals surface area contributed by atoms with Gasteiger partial charge in [-0.3, -0.25) is 9.69 Å². The number of rotatable bonds is 5. The summed E-state index contributed by atoms with van der Waals surface area (Å²) in [6.07, 6.45) is 2.43. The maximum absolute atomic E-state index is 15.0. The summed E-state index contributed by atoms with van der Waals surface area (Å²) < 4.78 is 81.9. The lowest BCUT2D eigenvalue weighted by Gasteiger charge is -2.32. The highest BCUT2D eigenvalue weighted by Gasteiger charge is 2.46. The lowest BCUT2D eigenvalue weighted by Crippen LogP contribution is -2.37. The van der Waals surface area contributed by atoms with Gasteiger partial charge in [-0.25, -0.2) is 12.8 Å². The number of nitrogens with one attached hydrogen (secondary N) is 1. The predicted octanol–water partition coefficient (Wildman–Crippen LogP) is 4.31. The van der Waals surface area contributed by atoms with E-state index in [1.54, 1.807) is 6.92 Å². The first-order valence-corrected chi connectivity index (χ1v) is 12.1. The van der Waals surface area contributed by atoms with Crippen LogP contribution in [0.15, 0.2) is 52.3 Å². The number of nitrogens with zero attached hydrogens (tertiary/aromatic N) is 1. The van der Waals surface area contributed by atoms with Crippen molar-refractivity contribution in [3.05, 3.63) is 69.9 Å². The summed E-state index contributed by atoms with van der Waals surface area (Å²) in [5, 5.41) is 0.489. The molecule has 182 valence electrons. The van der Waals surface area contributed by atoms with Gasteiger partial charge in [0.2, 0.25) is 0 Å². The molecule has 11 heteroatoms. The fraction of sp³-hybridized carbons (Fsp3) is 0.348. The van der Waals surface area contributed by atoms with E-state index in [0.29, 0.717) is 43.6 Å². The van der Waals surface area contributed by atoms with Crippen molar-refractivity contribution >= 4 is 20.6 Å². The van der Waals surface area contributed by atoms with Crippen LogP contribution >= 0.6 is 0 Å². The molecule has 4 rings (SSSR count). The van der Waals surface area contributed by atoms with Gasteiger partial charge in [-0.1, -0.05) is 12.1 Å². The number of piperidine rings is 1. The molecule has 0 aliphatic carbocycles. The van der Waals surface area contributed by atoms with Gasteiger partial charge in [0, 0.05) is 31.2 Å². The van der Waals surface area contributed by atoms with Crippen molar-refractivity contribution in [2.45, 2.75) is 42.8 Å². The molecule has 0 bridgehead atoms. The Bertz CT molecular complexity index is 1360. The molecule has 2 aromatic carbocycles. The van der Waals surface area contributed by atoms with Crippen molar-refractivity contribution in [1.29, 1.82) is 0 Å². The molecule has 0 spiro atoms. The number of hydrogen-bond acceptors (Lipinski definition) is 5. The van der Waals surface area contributed by atoms with E-state index in [4.69, 9.17) is 4.74 Å². The van der Waals surface area contributed by atoms with Crippen LogP contribution in [0.3, 0.4) is 0 Å². The van der Waals surface area contributed by atoms with Gasteiger partial charge >= 0.3 is 5.51 Å². The molecule has 1 fully saturated rings. The normalized spacial score (nSPS) is 16.1. The Morgan fingerprint density at radius 2 is 1.74 bits per heavy atom. The lowest BCUT2D eigenvalue weighted by atomic mass is 10.1. The molecule has 6 nitrogen and oxygen atoms in total. The fourth-order valence-electron chi connectivity index (χ4n) is 4.08. The average molecular weight is 498 g/mol. The van der Waals surface area contributed by atoms with Gasteiger partial charge in [-0.15, -0.1) is 0 Å². The van der Waals surface area contributed by atoms with Crippen LogP contribution in [-0.4, -0.2) is 43.0 Å². The second kappa shape index (κ2) is 9.03. The predicted molar refractivity (Wildman–Crippen MR) is 118 cm³/mol. The lowest BCUT2D eigenvalue weighted by molar-refractivity contribution is -0.0436. The summed E-state index contributed by atoms with van der Waals surface area (Å²) >= 11 is 0. The van der Waals surface area contributed by atoms with E-state index >= 15 is 4.39 Å². The minimum atomic E-state index is -5.37. The van der Waals surface area contributed by atoms with Crippen molar-refractivity contribution < 1.29 is 30.7 Å². The molecule has 0 atom stereocenters. The van der Waals surface area contributed by atoms with E-state index in [9.17, 15) is 26.4 Å². The number of sulfone groups is 1. The Hall–Kier alpha value is -2.92. The topological polar surface area (TPSA) is 79.5 Å². The molecular weight excluding hydrogens is 476 g/mol. The van der Waals surface area contributed by atoms with Gasteiger partial charge in [0.1, 0.15) is 6.10 Å². The maximum Gasteiger partial charge on any atom is 0.501 e. The molecule has 0 unspecified atom stereocenters. The second-order valence-corrected chi connectivity index (χ2v) is 10.2. The Balaban J connectivity index is 1.38. The molecule has 1 saturated heterocycles. The molecule has 1 aliphatic heterocycles. The SMILES string of the molecule is Cc1c[nH]c(=O)c2ccc(OC3CCN(Cc4ccc(S(=O)(=O)C(F)(F)F)cc4)CC3)c(F)c12. The van der Waals surface area contributed by atoms with Crippen LogP contribution in [0, 0.1) is 12.7 Å². The molecular formula is C23H22F4N2O4S. The molecule has 0 saturated carbocycles. The number of halogens is 4. The summed E-state index contributed by atoms with van der Waals surface area (Å²) in [6, 6.07) is 7.66. The standard InChI is InChI=1S/C23H22F4N2O4S/c1-14-12-28-22(30)18-6-7-19(21(24)20(14)18)33-16-8-10-29(11-9-16)13-15-2-4-17(5-3-15)34(31,32)23(25,26)27/h2-7,12,16H,8-11,13H2,1H3,(H,28,30). The fourth-order valence-corrected chi connectivity index (χ4v) is 4.84. The second-order valence-electron chi connectivity index (χ2n) is 8.29. The summed E-state index contributed by atoms with van der Waals surface area (Å²) in [6.45, 7) is 3.36. The number of ether oxygens (including phenoxy) is 1. The van der Waals surface area contributed by atoms with Crippen molar-refractivity contribution in [2.75, 3.05) is 13.1 Å². The third kappa shape index (κ3) is 4.67. The summed E-state index contributed by atoms with van der Waals surface area (Å²) in [4.78, 5) is 15.8. The van der Waals surface area contributed by atoms with Crippen molar-refractivity contribution in [3.63, 3.8) is 0 Å². The van der Waals surface area contributed by atoms with Crippen molar-refractivity contribution in [1.82, 2.24) is 9.88 Å². The first kappa shape index (κ1) is 24.2. The molecule has 1 aromatic heterocycles. The largest absolute Gasteiger partial charge is 0.501 e. The van der Waals surface area contributed by atoms with Crippen LogP contribution in [-0.2, 0) is 16.4 Å². The van der Waals surface area contributed by atoms with Gasteiger partial charge < -0.3 is 9.72 Å². The van der Waals surface area contributed by atoms with E-state index in [0.717, 1.165) is 12.1 Å². The average Bonchev–Trinajstić information content (AvgIpc) is 2.79. The van der Waals surface area contributed by atoms with Gasteiger partial charge in [0.15, 0.2) is 11.6 Å². The van der Waals surface area contributed by atoms with Crippen molar-refractivity contribution in [3.8, 4) is 5.75 Å². The number of likely N-dealkylation sites (tertiary alicyclic amines) is 1. The van der Waals surface area contributed by atoms with E-state index in [1.165, 1.54) is 30.5 Å². The number of pyridine rings is 1. The minimum Gasteiger partial charge on any atom is -0.487 e. The van der Waals surface area contributed by atoms with E-state index in [1.807, 2.05) is 0 Å². The zero-order valence-electron chi connectivity index (χ0n) is 18.2. The number of aromatic nitrogens is 1. The number of aryl methyl sites for hydroxylation is 1. The summed E-state index contributed by atoms with van der Waals surface area (Å²) in [5.74, 6) is -0.487. The highest BCUT2D eigenvalue weighted by Crippen LogP contribution is 2.31. The van der Waals surface area contributed by atoms with Crippen molar-refractivity contribution in [2.24, 2.45) is 0 Å². The molecule has 1 N–H and O–H groups in total. The van der Waals surface area contributed by atoms with Gasteiger partial charge in [-0.2, -0.15) is 13.2 Å². The Morgan fingerprint density at radius 3 is 2.35 bits per heavy atom. The molecule has 3 aromatic rings. The Kier molecular flexibility index (Phi) is 6.43. The quantitative estimate of drug-likeness (QED) is 0.531. The number of hydrogen-bond donors (Lipinski definition) is 1. The highest BCUT2D eigenvalue weighted by molar-refractivity contribution is 7.92. The zero-order chi connectivity index (χ0) is 24.7. The minimum absolute atomic E-state index is 0.0844. The monoisotopic (exact) mass is 498 g/mol. The van der Waals surface area contributed by atoms with E-state index in [2.05, 4.69) is 9.88 Å². The summed E-state index contributed by atoms with van der Waals surface area (Å²) in [7, 11) is -5.37. The summed E-state index contributed by atoms with van der Waals surface area (Å²) in [5.41, 5.74) is -4.43. The third-order valence-electron chi connectivity index (χ3n) is 5.94. The number of benzene rings is 2. The molecule has 34 heavy (non-hydrogen) atoms. The number of aromatic amines is 1. The zero-order valence-corrected chi connectivity index (χ0v) is 19.0. The molecule has 2 heterocycles. The van der Waals surface area contributed by atoms with Crippen LogP contribution in [0.2, 0.25) is 0 Å². The molecule has 0 amide bonds. The van der Waals surface area contributed by atoms with E-state index in [-0.39, 0.29) is 28.2 Å². The first-order valence-electron chi connectivity index (χ1n) is 10.6. The number of H-pyrrole nitrogens is 1. The van der Waals surface area contributed by atoms with Crippen LogP contribution in [0.1, 0.15) is 24.0 Å². The van der Waals surface area contributed by atoms with Crippen LogP contribution in [0.25, 0.3) is 10.8 Å². The number of alkyl halides is 3. The third-order valence-corrected chi connectivity index (χ3v) is 7.44. The van der Waals surface area contributed by atoms with Gasteiger partial charge in [0.05, 0.1) is 10.3 Å². The first-order chi connectivity index (χ1) is 16.0. The van der Waals surface area contributed by atoms with Gasteiger partial charge in [0.25, 0.3) is 15.4 Å². The van der Waals surface area contributed by atoms with Crippen LogP contribution < -0.4 is 10.3 Å². The maximum atomic E-state index is 15.0. The van der Waals surface area contributed by atoms with Gasteiger partial charge in [-0.05, 0) is 55.2 Å². The van der Waals surface area contributed by atoms with E-state index < -0.39 is 26.1 Å².